The molecule has 0 aliphatic carbocycles. The van der Waals surface area contributed by atoms with E-state index < -0.39 is 11.3 Å². The number of aromatic nitrogens is 2. The van der Waals surface area contributed by atoms with E-state index in [2.05, 4.69) is 10.5 Å². The minimum atomic E-state index is -0.597. The Bertz CT molecular complexity index is 1270. The van der Waals surface area contributed by atoms with E-state index in [1.807, 2.05) is 39.8 Å². The summed E-state index contributed by atoms with van der Waals surface area (Å²) in [6.45, 7) is 8.90. The Morgan fingerprint density at radius 1 is 1.23 bits per heavy atom. The molecule has 3 aromatic rings. The zero-order valence-electron chi connectivity index (χ0n) is 17.4. The predicted octanol–water partition coefficient (Wildman–Crippen LogP) is 2.44. The molecule has 0 aliphatic heterocycles. The van der Waals surface area contributed by atoms with Crippen LogP contribution in [0.2, 0.25) is 0 Å². The Morgan fingerprint density at radius 3 is 2.53 bits per heavy atom. The van der Waals surface area contributed by atoms with Crippen molar-refractivity contribution in [3.05, 3.63) is 53.3 Å². The number of rotatable bonds is 5. The normalized spacial score (nSPS) is 13.1. The molecule has 0 spiro atoms. The number of Topliss-reactive ketones (excluding diaryl/α,β-unsaturated/α-hetero) is 1. The van der Waals surface area contributed by atoms with Crippen LogP contribution in [0.25, 0.3) is 12.2 Å². The fourth-order valence-electron chi connectivity index (χ4n) is 2.53. The van der Waals surface area contributed by atoms with E-state index in [9.17, 15) is 14.4 Å². The van der Waals surface area contributed by atoms with Crippen molar-refractivity contribution in [2.45, 2.75) is 41.2 Å². The molecule has 1 amide bonds. The van der Waals surface area contributed by atoms with Gasteiger partial charge in [-0.3, -0.25) is 19.0 Å². The molecule has 3 aromatic heterocycles. The van der Waals surface area contributed by atoms with Crippen molar-refractivity contribution >= 4 is 52.3 Å². The van der Waals surface area contributed by atoms with Crippen molar-refractivity contribution in [1.29, 1.82) is 0 Å². The first-order valence-electron chi connectivity index (χ1n) is 9.30. The summed E-state index contributed by atoms with van der Waals surface area (Å²) < 4.78 is 7.17. The number of anilines is 1. The van der Waals surface area contributed by atoms with Gasteiger partial charge in [-0.1, -0.05) is 25.9 Å². The second kappa shape index (κ2) is 8.53. The van der Waals surface area contributed by atoms with E-state index in [1.165, 1.54) is 22.0 Å². The molecule has 0 bridgehead atoms. The standard InChI is InChI=1S/C21H23N3O4S2/c1-12-8-17(23-28-12)22-18(26)11-24-19(10-16(25)21(3,4)5)30-15(20(24)27)9-14-7-6-13(2)29-14/h6-10H,11H2,1-5H3,(H,22,23,26)/b15-9+,19-10+. The number of carbonyl (C=O) groups excluding carboxylic acids is 2. The van der Waals surface area contributed by atoms with Gasteiger partial charge in [0.2, 0.25) is 5.91 Å². The first-order valence-corrected chi connectivity index (χ1v) is 10.9. The molecule has 158 valence electrons. The van der Waals surface area contributed by atoms with E-state index >= 15 is 0 Å². The minimum absolute atomic E-state index is 0.122. The molecule has 0 saturated carbocycles. The molecule has 3 rings (SSSR count). The van der Waals surface area contributed by atoms with E-state index in [0.717, 1.165) is 9.75 Å². The third-order valence-corrected chi connectivity index (χ3v) is 6.17. The molecule has 0 radical (unpaired) electrons. The summed E-state index contributed by atoms with van der Waals surface area (Å²) >= 11 is 2.77. The van der Waals surface area contributed by atoms with Gasteiger partial charge < -0.3 is 9.84 Å². The molecule has 0 saturated heterocycles. The zero-order valence-corrected chi connectivity index (χ0v) is 19.1. The number of thiazole rings is 1. The van der Waals surface area contributed by atoms with Crippen molar-refractivity contribution in [2.75, 3.05) is 5.32 Å². The van der Waals surface area contributed by atoms with Crippen LogP contribution in [0.15, 0.2) is 27.5 Å². The fourth-order valence-corrected chi connectivity index (χ4v) is 4.46. The number of aryl methyl sites for hydroxylation is 2. The van der Waals surface area contributed by atoms with Gasteiger partial charge in [-0.05, 0) is 32.1 Å². The molecular weight excluding hydrogens is 422 g/mol. The van der Waals surface area contributed by atoms with Gasteiger partial charge in [-0.15, -0.1) is 22.7 Å². The van der Waals surface area contributed by atoms with Gasteiger partial charge in [-0.2, -0.15) is 0 Å². The summed E-state index contributed by atoms with van der Waals surface area (Å²) in [6, 6.07) is 5.50. The van der Waals surface area contributed by atoms with Crippen LogP contribution in [0.1, 0.15) is 36.3 Å². The molecule has 0 aliphatic rings. The van der Waals surface area contributed by atoms with Gasteiger partial charge in [0.25, 0.3) is 5.56 Å². The second-order valence-electron chi connectivity index (χ2n) is 7.92. The van der Waals surface area contributed by atoms with Crippen molar-refractivity contribution in [3.63, 3.8) is 0 Å². The van der Waals surface area contributed by atoms with Crippen molar-refractivity contribution in [1.82, 2.24) is 9.72 Å². The lowest BCUT2D eigenvalue weighted by atomic mass is 9.91. The highest BCUT2D eigenvalue weighted by Crippen LogP contribution is 2.16. The predicted molar refractivity (Wildman–Crippen MR) is 119 cm³/mol. The summed E-state index contributed by atoms with van der Waals surface area (Å²) in [5.74, 6) is 0.284. The van der Waals surface area contributed by atoms with Crippen molar-refractivity contribution < 1.29 is 14.1 Å². The third-order valence-electron chi connectivity index (χ3n) is 4.16. The molecule has 1 N–H and O–H groups in total. The molecular formula is C21H23N3O4S2. The summed E-state index contributed by atoms with van der Waals surface area (Å²) in [5.41, 5.74) is -0.911. The SMILES string of the molecule is Cc1cc(NC(=O)Cn2c(=O)/c(=C\c3ccc(C)s3)s/c2=C/C(=O)C(C)(C)C)no1. The van der Waals surface area contributed by atoms with Gasteiger partial charge in [0.1, 0.15) is 17.0 Å². The number of ketones is 1. The Balaban J connectivity index is 2.04. The van der Waals surface area contributed by atoms with Gasteiger partial charge in [0.15, 0.2) is 11.6 Å². The lowest BCUT2D eigenvalue weighted by molar-refractivity contribution is -0.120. The molecule has 30 heavy (non-hydrogen) atoms. The van der Waals surface area contributed by atoms with Gasteiger partial charge in [0.05, 0.1) is 4.53 Å². The average molecular weight is 446 g/mol. The topological polar surface area (TPSA) is 94.2 Å². The van der Waals surface area contributed by atoms with Crippen LogP contribution >= 0.6 is 22.7 Å². The minimum Gasteiger partial charge on any atom is -0.360 e. The van der Waals surface area contributed by atoms with Gasteiger partial charge in [-0.25, -0.2) is 0 Å². The zero-order chi connectivity index (χ0) is 22.1. The summed E-state index contributed by atoms with van der Waals surface area (Å²) in [4.78, 5) is 40.1. The third kappa shape index (κ3) is 5.22. The molecule has 9 heteroatoms. The average Bonchev–Trinajstić information content (AvgIpc) is 3.31. The maximum atomic E-state index is 13.0. The Hall–Kier alpha value is -2.78. The van der Waals surface area contributed by atoms with Gasteiger partial charge >= 0.3 is 0 Å². The number of carbonyl (C=O) groups is 2. The van der Waals surface area contributed by atoms with Crippen LogP contribution in [0.5, 0.6) is 0 Å². The number of thiophene rings is 1. The quantitative estimate of drug-likeness (QED) is 0.651. The summed E-state index contributed by atoms with van der Waals surface area (Å²) in [7, 11) is 0. The number of nitrogens with zero attached hydrogens (tertiary/aromatic N) is 2. The highest BCUT2D eigenvalue weighted by Gasteiger charge is 2.20. The number of amides is 1. The Morgan fingerprint density at radius 2 is 1.97 bits per heavy atom. The van der Waals surface area contributed by atoms with Crippen LogP contribution in [0, 0.1) is 19.3 Å². The van der Waals surface area contributed by atoms with E-state index in [-0.39, 0.29) is 23.7 Å². The van der Waals surface area contributed by atoms with Crippen molar-refractivity contribution in [2.24, 2.45) is 5.41 Å². The van der Waals surface area contributed by atoms with E-state index in [0.29, 0.717) is 15.0 Å². The maximum absolute atomic E-state index is 13.0. The molecule has 0 atom stereocenters. The largest absolute Gasteiger partial charge is 0.360 e. The fraction of sp³-hybridized carbons (Fsp3) is 0.333. The Kier molecular flexibility index (Phi) is 6.23. The summed E-state index contributed by atoms with van der Waals surface area (Å²) in [6.07, 6.45) is 3.23. The summed E-state index contributed by atoms with van der Waals surface area (Å²) in [5, 5.41) is 6.33. The monoisotopic (exact) mass is 445 g/mol. The number of nitrogens with one attached hydrogen (secondary N) is 1. The number of hydrogen-bond acceptors (Lipinski definition) is 7. The van der Waals surface area contributed by atoms with Crippen LogP contribution in [0.4, 0.5) is 5.82 Å². The smallest absolute Gasteiger partial charge is 0.269 e. The lowest BCUT2D eigenvalue weighted by Gasteiger charge is -2.12. The molecule has 0 fully saturated rings. The van der Waals surface area contributed by atoms with Crippen LogP contribution in [0.3, 0.4) is 0 Å². The molecule has 3 heterocycles. The molecule has 0 unspecified atom stereocenters. The van der Waals surface area contributed by atoms with Crippen LogP contribution in [-0.4, -0.2) is 21.4 Å². The van der Waals surface area contributed by atoms with Gasteiger partial charge in [0, 0.05) is 27.3 Å². The van der Waals surface area contributed by atoms with E-state index in [1.54, 1.807) is 30.4 Å². The Labute approximate surface area is 181 Å². The second-order valence-corrected chi connectivity index (χ2v) is 10.3. The first kappa shape index (κ1) is 21.9. The van der Waals surface area contributed by atoms with E-state index in [4.69, 9.17) is 4.52 Å². The lowest BCUT2D eigenvalue weighted by Crippen LogP contribution is -2.36. The van der Waals surface area contributed by atoms with Crippen LogP contribution in [-0.2, 0) is 16.1 Å². The maximum Gasteiger partial charge on any atom is 0.269 e. The molecule has 0 aromatic carbocycles. The first-order chi connectivity index (χ1) is 14.0. The highest BCUT2D eigenvalue weighted by atomic mass is 32.1. The van der Waals surface area contributed by atoms with Crippen molar-refractivity contribution in [3.8, 4) is 0 Å². The molecule has 7 nitrogen and oxygen atoms in total. The number of hydrogen-bond donors (Lipinski definition) is 1. The highest BCUT2D eigenvalue weighted by molar-refractivity contribution is 7.13. The van der Waals surface area contributed by atoms with Crippen LogP contribution < -0.4 is 20.1 Å².